The highest BCUT2D eigenvalue weighted by molar-refractivity contribution is 9.10. The van der Waals surface area contributed by atoms with Crippen LogP contribution in [0.4, 0.5) is 5.69 Å². The van der Waals surface area contributed by atoms with Crippen molar-refractivity contribution < 1.29 is 4.84 Å². The maximum Gasteiger partial charge on any atom is 0.122 e. The van der Waals surface area contributed by atoms with E-state index in [1.54, 1.807) is 0 Å². The molecular weight excluding hydrogens is 244 g/mol. The monoisotopic (exact) mass is 254 g/mol. The molecule has 1 N–H and O–H groups in total. The number of anilines is 1. The van der Waals surface area contributed by atoms with Crippen LogP contribution >= 0.6 is 16.1 Å². The van der Waals surface area contributed by atoms with E-state index in [0.29, 0.717) is 6.61 Å². The average Bonchev–Trinajstić information content (AvgIpc) is 2.70. The third-order valence-corrected chi connectivity index (χ3v) is 2.70. The molecule has 0 fully saturated rings. The van der Waals surface area contributed by atoms with Gasteiger partial charge in [-0.2, -0.15) is 0 Å². The fourth-order valence-electron chi connectivity index (χ4n) is 1.61. The molecule has 3 nitrogen and oxygen atoms in total. The predicted molar refractivity (Wildman–Crippen MR) is 60.8 cm³/mol. The van der Waals surface area contributed by atoms with Crippen molar-refractivity contribution in [3.8, 4) is 0 Å². The van der Waals surface area contributed by atoms with Gasteiger partial charge in [-0.05, 0) is 18.6 Å². The van der Waals surface area contributed by atoms with E-state index in [0.717, 1.165) is 23.4 Å². The summed E-state index contributed by atoms with van der Waals surface area (Å²) in [6, 6.07) is 6.10. The van der Waals surface area contributed by atoms with Gasteiger partial charge < -0.3 is 9.18 Å². The van der Waals surface area contributed by atoms with Crippen molar-refractivity contribution in [1.29, 1.82) is 0 Å². The van der Waals surface area contributed by atoms with Gasteiger partial charge in [0.15, 0.2) is 0 Å². The summed E-state index contributed by atoms with van der Waals surface area (Å²) in [6.07, 6.45) is 0.881. The Bertz CT molecular complexity index is 376. The lowest BCUT2D eigenvalue weighted by molar-refractivity contribution is 0.174. The van der Waals surface area contributed by atoms with E-state index in [2.05, 4.69) is 38.6 Å². The van der Waals surface area contributed by atoms with Crippen LogP contribution in [0.25, 0.3) is 0 Å². The maximum atomic E-state index is 5.01. The van der Waals surface area contributed by atoms with Gasteiger partial charge in [0, 0.05) is 28.1 Å². The molecule has 0 bridgehead atoms. The fraction of sp³-hybridized carbons (Fsp3) is 0.300. The van der Waals surface area contributed by atoms with E-state index in [1.807, 2.05) is 12.1 Å². The van der Waals surface area contributed by atoms with E-state index in [4.69, 9.17) is 4.84 Å². The van der Waals surface area contributed by atoms with Gasteiger partial charge in [-0.3, -0.25) is 0 Å². The number of hydrogen-bond acceptors (Lipinski definition) is 3. The van der Waals surface area contributed by atoms with Gasteiger partial charge in [-0.25, -0.2) is 0 Å². The lowest BCUT2D eigenvalue weighted by atomic mass is 10.0. The van der Waals surface area contributed by atoms with Gasteiger partial charge in [0.05, 0.1) is 11.4 Å². The zero-order valence-corrected chi connectivity index (χ0v) is 9.47. The largest absolute Gasteiger partial charge is 0.395 e. The summed E-state index contributed by atoms with van der Waals surface area (Å²) in [5.74, 6) is 0. The number of benzene rings is 1. The molecule has 1 aliphatic rings. The van der Waals surface area contributed by atoms with Crippen LogP contribution in [0.1, 0.15) is 17.5 Å². The Morgan fingerprint density at radius 1 is 1.50 bits per heavy atom. The molecule has 4 heteroatoms. The predicted octanol–water partition coefficient (Wildman–Crippen LogP) is 2.84. The second kappa shape index (κ2) is 4.00. The molecule has 14 heavy (non-hydrogen) atoms. The molecule has 0 radical (unpaired) electrons. The van der Waals surface area contributed by atoms with Crippen LogP contribution in [0, 0.1) is 6.92 Å². The molecule has 0 atom stereocenters. The van der Waals surface area contributed by atoms with Crippen LogP contribution < -0.4 is 4.34 Å². The molecule has 0 saturated heterocycles. The van der Waals surface area contributed by atoms with E-state index < -0.39 is 0 Å². The Balaban J connectivity index is 2.48. The first-order valence-corrected chi connectivity index (χ1v) is 5.27. The summed E-state index contributed by atoms with van der Waals surface area (Å²) < 4.78 is 2.99. The molecule has 0 amide bonds. The van der Waals surface area contributed by atoms with Crippen molar-refractivity contribution >= 4 is 27.5 Å². The van der Waals surface area contributed by atoms with Gasteiger partial charge >= 0.3 is 0 Å². The third-order valence-electron chi connectivity index (χ3n) is 2.27. The summed E-state index contributed by atoms with van der Waals surface area (Å²) in [5, 5.41) is 4.03. The first-order chi connectivity index (χ1) is 6.83. The van der Waals surface area contributed by atoms with Crippen molar-refractivity contribution in [2.24, 2.45) is 5.16 Å². The first-order valence-electron chi connectivity index (χ1n) is 4.48. The zero-order chi connectivity index (χ0) is 9.97. The summed E-state index contributed by atoms with van der Waals surface area (Å²) in [6.45, 7) is 2.76. The standard InChI is InChI=1S/C10H11BrN2O/c1-7-3-2-4-8(12-11)10(7)9-5-6-14-13-9/h2-4,12H,5-6H2,1H3. The molecule has 2 rings (SSSR count). The van der Waals surface area contributed by atoms with Crippen LogP contribution in [0.3, 0.4) is 0 Å². The number of aryl methyl sites for hydroxylation is 1. The van der Waals surface area contributed by atoms with Crippen molar-refractivity contribution in [2.45, 2.75) is 13.3 Å². The average molecular weight is 255 g/mol. The molecule has 0 saturated carbocycles. The fourth-order valence-corrected chi connectivity index (χ4v) is 1.94. The minimum absolute atomic E-state index is 0.686. The molecule has 1 heterocycles. The van der Waals surface area contributed by atoms with Crippen LogP contribution in [0.15, 0.2) is 23.4 Å². The normalized spacial score (nSPS) is 14.9. The van der Waals surface area contributed by atoms with Gasteiger partial charge in [0.1, 0.15) is 6.61 Å². The highest BCUT2D eigenvalue weighted by Crippen LogP contribution is 2.24. The smallest absolute Gasteiger partial charge is 0.122 e. The highest BCUT2D eigenvalue weighted by Gasteiger charge is 2.16. The Morgan fingerprint density at radius 2 is 2.36 bits per heavy atom. The second-order valence-corrected chi connectivity index (χ2v) is 3.61. The van der Waals surface area contributed by atoms with E-state index in [-0.39, 0.29) is 0 Å². The summed E-state index contributed by atoms with van der Waals surface area (Å²) in [5.41, 5.74) is 4.40. The number of hydrogen-bond donors (Lipinski definition) is 1. The van der Waals surface area contributed by atoms with Crippen LogP contribution in [0.5, 0.6) is 0 Å². The molecule has 74 valence electrons. The van der Waals surface area contributed by atoms with E-state index >= 15 is 0 Å². The molecule has 0 spiro atoms. The maximum absolute atomic E-state index is 5.01. The quantitative estimate of drug-likeness (QED) is 0.824. The summed E-state index contributed by atoms with van der Waals surface area (Å²) in [4.78, 5) is 5.01. The number of halogens is 1. The Morgan fingerprint density at radius 3 is 3.00 bits per heavy atom. The van der Waals surface area contributed by atoms with Crippen molar-refractivity contribution in [2.75, 3.05) is 10.9 Å². The van der Waals surface area contributed by atoms with E-state index in [1.165, 1.54) is 5.56 Å². The molecular formula is C10H11BrN2O. The van der Waals surface area contributed by atoms with Gasteiger partial charge in [-0.15, -0.1) is 0 Å². The summed E-state index contributed by atoms with van der Waals surface area (Å²) >= 11 is 3.24. The first kappa shape index (κ1) is 9.52. The summed E-state index contributed by atoms with van der Waals surface area (Å²) in [7, 11) is 0. The van der Waals surface area contributed by atoms with Crippen LogP contribution in [0.2, 0.25) is 0 Å². The lowest BCUT2D eigenvalue weighted by Gasteiger charge is -2.09. The van der Waals surface area contributed by atoms with E-state index in [9.17, 15) is 0 Å². The lowest BCUT2D eigenvalue weighted by Crippen LogP contribution is -2.03. The third kappa shape index (κ3) is 1.62. The van der Waals surface area contributed by atoms with Crippen molar-refractivity contribution in [3.63, 3.8) is 0 Å². The molecule has 0 unspecified atom stereocenters. The number of oxime groups is 1. The SMILES string of the molecule is Cc1cccc(NBr)c1C1=NOCC1. The minimum Gasteiger partial charge on any atom is -0.395 e. The van der Waals surface area contributed by atoms with Gasteiger partial charge in [0.2, 0.25) is 0 Å². The van der Waals surface area contributed by atoms with Crippen molar-refractivity contribution in [1.82, 2.24) is 0 Å². The molecule has 0 aromatic heterocycles. The molecule has 1 aromatic carbocycles. The van der Waals surface area contributed by atoms with Crippen LogP contribution in [-0.4, -0.2) is 12.3 Å². The molecule has 0 aliphatic carbocycles. The topological polar surface area (TPSA) is 33.6 Å². The number of rotatable bonds is 2. The Labute approximate surface area is 91.5 Å². The minimum atomic E-state index is 0.686. The number of nitrogens with zero attached hydrogens (tertiary/aromatic N) is 1. The zero-order valence-electron chi connectivity index (χ0n) is 7.88. The van der Waals surface area contributed by atoms with Crippen molar-refractivity contribution in [3.05, 3.63) is 29.3 Å². The van der Waals surface area contributed by atoms with Crippen LogP contribution in [-0.2, 0) is 4.84 Å². The molecule has 1 aromatic rings. The highest BCUT2D eigenvalue weighted by atomic mass is 79.9. The van der Waals surface area contributed by atoms with Gasteiger partial charge in [0.25, 0.3) is 0 Å². The molecule has 1 aliphatic heterocycles. The Hall–Kier alpha value is -1.03. The van der Waals surface area contributed by atoms with Gasteiger partial charge in [-0.1, -0.05) is 17.3 Å². The number of nitrogens with one attached hydrogen (secondary N) is 1. The Kier molecular flexibility index (Phi) is 2.72. The second-order valence-electron chi connectivity index (χ2n) is 3.21.